The molecule has 0 saturated carbocycles. The normalized spacial score (nSPS) is 13.8. The minimum Gasteiger partial charge on any atom is -0.502 e. The van der Waals surface area contributed by atoms with Crippen molar-refractivity contribution in [1.82, 2.24) is 0 Å². The van der Waals surface area contributed by atoms with Crippen molar-refractivity contribution in [3.05, 3.63) is 85.4 Å². The summed E-state index contributed by atoms with van der Waals surface area (Å²) in [5, 5.41) is 10.0. The molecular weight excluding hydrogens is 649 g/mol. The Labute approximate surface area is 298 Å². The van der Waals surface area contributed by atoms with E-state index < -0.39 is 6.10 Å². The summed E-state index contributed by atoms with van der Waals surface area (Å²) < 4.78 is 36.9. The molecule has 2 aromatic rings. The fourth-order valence-corrected chi connectivity index (χ4v) is 5.02. The number of unbranched alkanes of at least 4 members (excludes halogenated alkanes) is 2. The van der Waals surface area contributed by atoms with E-state index in [1.165, 1.54) is 12.5 Å². The molecule has 0 spiro atoms. The van der Waals surface area contributed by atoms with Crippen LogP contribution in [0.15, 0.2) is 74.2 Å². The number of ether oxygens (including phenoxy) is 7. The molecule has 48 heavy (non-hydrogen) atoms. The first-order valence-corrected chi connectivity index (χ1v) is 18.0. The van der Waals surface area contributed by atoms with Gasteiger partial charge in [0.15, 0.2) is 23.0 Å². The number of hydrogen-bond donors (Lipinski definition) is 2. The van der Waals surface area contributed by atoms with Crippen LogP contribution in [0.25, 0.3) is 12.2 Å². The highest BCUT2D eigenvalue weighted by molar-refractivity contribution is 7.99. The van der Waals surface area contributed by atoms with Gasteiger partial charge in [-0.05, 0) is 86.4 Å². The van der Waals surface area contributed by atoms with Crippen LogP contribution in [0.3, 0.4) is 0 Å². The second kappa shape index (κ2) is 28.8. The van der Waals surface area contributed by atoms with Gasteiger partial charge in [0, 0.05) is 5.75 Å². The molecule has 2 aromatic carbocycles. The number of rotatable bonds is 23. The van der Waals surface area contributed by atoms with Crippen LogP contribution in [0.4, 0.5) is 0 Å². The molecule has 8 nitrogen and oxygen atoms in total. The minimum absolute atomic E-state index is 0.256. The lowest BCUT2D eigenvalue weighted by Crippen LogP contribution is -2.20. The summed E-state index contributed by atoms with van der Waals surface area (Å²) in [4.78, 5) is 0. The summed E-state index contributed by atoms with van der Waals surface area (Å²) in [6.45, 7) is 14.0. The summed E-state index contributed by atoms with van der Waals surface area (Å²) in [6, 6.07) is 11.6. The van der Waals surface area contributed by atoms with E-state index in [1.54, 1.807) is 26.0 Å². The highest BCUT2D eigenvalue weighted by Gasteiger charge is 2.23. The second-order valence-electron chi connectivity index (χ2n) is 10.3. The smallest absolute Gasteiger partial charge is 0.161 e. The Morgan fingerprint density at radius 3 is 1.88 bits per heavy atom. The van der Waals surface area contributed by atoms with Crippen LogP contribution >= 0.6 is 24.4 Å². The molecule has 0 radical (unpaired) electrons. The van der Waals surface area contributed by atoms with E-state index in [9.17, 15) is 5.11 Å². The predicted octanol–water partition coefficient (Wildman–Crippen LogP) is 8.50. The molecule has 268 valence electrons. The van der Waals surface area contributed by atoms with Gasteiger partial charge in [0.1, 0.15) is 19.3 Å². The van der Waals surface area contributed by atoms with E-state index in [-0.39, 0.29) is 12.7 Å². The van der Waals surface area contributed by atoms with Crippen molar-refractivity contribution in [3.8, 4) is 23.0 Å². The van der Waals surface area contributed by atoms with Gasteiger partial charge >= 0.3 is 0 Å². The number of hydrogen-bond acceptors (Lipinski definition) is 10. The average molecular weight is 705 g/mol. The highest BCUT2D eigenvalue weighted by Crippen LogP contribution is 2.30. The zero-order valence-electron chi connectivity index (χ0n) is 29.1. The number of thioether (sulfide) groups is 1. The van der Waals surface area contributed by atoms with Gasteiger partial charge in [0.2, 0.25) is 0 Å². The Morgan fingerprint density at radius 1 is 0.854 bits per heavy atom. The number of allylic oxidation sites excluding steroid dienone is 2. The Morgan fingerprint density at radius 2 is 1.40 bits per heavy atom. The maximum atomic E-state index is 10.0. The topological polar surface area (TPSA) is 88.1 Å². The third-order valence-corrected chi connectivity index (χ3v) is 7.88. The highest BCUT2D eigenvalue weighted by atomic mass is 32.2. The lowest BCUT2D eigenvalue weighted by atomic mass is 10.2. The van der Waals surface area contributed by atoms with Crippen molar-refractivity contribution in [2.24, 2.45) is 0 Å². The average Bonchev–Trinajstić information content (AvgIpc) is 3.94. The molecule has 0 amide bonds. The van der Waals surface area contributed by atoms with Crippen LogP contribution in [0, 0.1) is 0 Å². The Kier molecular flexibility index (Phi) is 25.7. The van der Waals surface area contributed by atoms with Crippen molar-refractivity contribution in [1.29, 1.82) is 0 Å². The molecule has 0 aromatic heterocycles. The van der Waals surface area contributed by atoms with Crippen molar-refractivity contribution in [2.75, 3.05) is 64.5 Å². The van der Waals surface area contributed by atoms with Crippen molar-refractivity contribution in [2.45, 2.75) is 51.7 Å². The van der Waals surface area contributed by atoms with Crippen LogP contribution in [-0.2, 0) is 14.2 Å². The molecule has 1 aliphatic rings. The fourth-order valence-electron chi connectivity index (χ4n) is 3.85. The van der Waals surface area contributed by atoms with E-state index in [0.717, 1.165) is 73.0 Å². The van der Waals surface area contributed by atoms with Gasteiger partial charge in [-0.25, -0.2) is 0 Å². The van der Waals surface area contributed by atoms with E-state index in [2.05, 4.69) is 25.8 Å². The minimum atomic E-state index is -0.501. The SMILES string of the molecule is C=COCCCCS.C=COCCCCSCC(O)COc1ccc(C=CC)cc1OC.CC=Cc1ccc(OCC2CO2)c(OC)c1. The van der Waals surface area contributed by atoms with Crippen LogP contribution in [-0.4, -0.2) is 81.8 Å². The summed E-state index contributed by atoms with van der Waals surface area (Å²) in [7, 11) is 3.26. The zero-order valence-corrected chi connectivity index (χ0v) is 30.9. The van der Waals surface area contributed by atoms with E-state index in [4.69, 9.17) is 33.2 Å². The quantitative estimate of drug-likeness (QED) is 0.0512. The largest absolute Gasteiger partial charge is 0.502 e. The maximum absolute atomic E-state index is 10.0. The number of thiol groups is 1. The van der Waals surface area contributed by atoms with Gasteiger partial charge in [-0.2, -0.15) is 24.4 Å². The van der Waals surface area contributed by atoms with E-state index >= 15 is 0 Å². The van der Waals surface area contributed by atoms with Crippen LogP contribution in [0.1, 0.15) is 50.7 Å². The van der Waals surface area contributed by atoms with Gasteiger partial charge < -0.3 is 38.3 Å². The summed E-state index contributed by atoms with van der Waals surface area (Å²) in [6.07, 6.45) is 15.0. The molecular formula is C38H56O8S2. The predicted molar refractivity (Wildman–Crippen MR) is 204 cm³/mol. The molecule has 2 atom stereocenters. The number of methoxy groups -OCH3 is 2. The molecule has 10 heteroatoms. The van der Waals surface area contributed by atoms with Gasteiger partial charge in [-0.1, -0.05) is 49.6 Å². The maximum Gasteiger partial charge on any atom is 0.161 e. The lowest BCUT2D eigenvalue weighted by Gasteiger charge is -2.14. The molecule has 1 saturated heterocycles. The molecule has 0 bridgehead atoms. The molecule has 0 aliphatic carbocycles. The van der Waals surface area contributed by atoms with Gasteiger partial charge in [-0.15, -0.1) is 0 Å². The number of aliphatic hydroxyl groups is 1. The lowest BCUT2D eigenvalue weighted by molar-refractivity contribution is 0.124. The Bertz CT molecular complexity index is 1180. The molecule has 1 N–H and O–H groups in total. The summed E-state index contributed by atoms with van der Waals surface area (Å²) in [5.41, 5.74) is 2.16. The third-order valence-electron chi connectivity index (χ3n) is 6.37. The standard InChI is InChI=1S/C19H28O4S.C13H16O3.C6H12OS/c1-4-8-16-9-10-18(19(13-16)21-3)23-14-17(20)15-24-12-7-6-11-22-5-2;1-3-4-10-5-6-12(13(7-10)14-2)16-9-11-8-15-11;1-2-7-5-3-4-6-8/h4-5,8-10,13,17,20H,2,6-7,11-12,14-15H2,1,3H3;3-7,11H,8-9H2,1-2H3;2,8H,1,3-6H2. The first kappa shape index (κ1) is 42.8. The first-order valence-electron chi connectivity index (χ1n) is 16.3. The number of epoxide rings is 1. The molecule has 1 fully saturated rings. The van der Waals surface area contributed by atoms with Crippen LogP contribution < -0.4 is 18.9 Å². The number of aliphatic hydroxyl groups excluding tert-OH is 1. The van der Waals surface area contributed by atoms with E-state index in [0.29, 0.717) is 30.5 Å². The molecule has 3 rings (SSSR count). The van der Waals surface area contributed by atoms with Gasteiger partial charge in [-0.3, -0.25) is 0 Å². The van der Waals surface area contributed by atoms with Gasteiger partial charge in [0.25, 0.3) is 0 Å². The van der Waals surface area contributed by atoms with Crippen LogP contribution in [0.2, 0.25) is 0 Å². The zero-order chi connectivity index (χ0) is 35.2. The monoisotopic (exact) mass is 704 g/mol. The third kappa shape index (κ3) is 20.9. The molecule has 2 unspecified atom stereocenters. The van der Waals surface area contributed by atoms with Crippen molar-refractivity contribution >= 4 is 36.5 Å². The first-order chi connectivity index (χ1) is 23.5. The Hall–Kier alpha value is -3.18. The molecule has 1 heterocycles. The Balaban J connectivity index is 0.000000409. The molecule has 1 aliphatic heterocycles. The second-order valence-corrected chi connectivity index (χ2v) is 11.9. The fraction of sp³-hybridized carbons (Fsp3) is 0.474. The number of benzene rings is 2. The summed E-state index contributed by atoms with van der Waals surface area (Å²) >= 11 is 5.76. The van der Waals surface area contributed by atoms with Gasteiger partial charge in [0.05, 0.1) is 52.7 Å². The summed E-state index contributed by atoms with van der Waals surface area (Å²) in [5.74, 6) is 5.45. The van der Waals surface area contributed by atoms with E-state index in [1.807, 2.05) is 74.5 Å². The van der Waals surface area contributed by atoms with Crippen molar-refractivity contribution in [3.63, 3.8) is 0 Å². The van der Waals surface area contributed by atoms with Crippen molar-refractivity contribution < 1.29 is 38.3 Å². The van der Waals surface area contributed by atoms with Crippen LogP contribution in [0.5, 0.6) is 23.0 Å².